The van der Waals surface area contributed by atoms with Gasteiger partial charge in [0.05, 0.1) is 17.8 Å². The van der Waals surface area contributed by atoms with E-state index in [1.165, 1.54) is 37.7 Å². The summed E-state index contributed by atoms with van der Waals surface area (Å²) in [6, 6.07) is 0. The number of hydrogen-bond donors (Lipinski definition) is 3. The highest BCUT2D eigenvalue weighted by Gasteiger charge is 2.56. The zero-order chi connectivity index (χ0) is 21.4. The van der Waals surface area contributed by atoms with E-state index >= 15 is 0 Å². The topological polar surface area (TPSA) is 60.7 Å². The number of aliphatic hydroxyl groups excluding tert-OH is 2. The van der Waals surface area contributed by atoms with Crippen molar-refractivity contribution >= 4 is 0 Å². The molecule has 0 amide bonds. The van der Waals surface area contributed by atoms with Crippen molar-refractivity contribution < 1.29 is 15.3 Å². The molecule has 3 nitrogen and oxygen atoms in total. The molecule has 3 aliphatic rings. The molecule has 0 heterocycles. The van der Waals surface area contributed by atoms with Crippen LogP contribution in [0.4, 0.5) is 0 Å². The van der Waals surface area contributed by atoms with Crippen LogP contribution in [0.15, 0.2) is 35.5 Å². The van der Waals surface area contributed by atoms with Crippen molar-refractivity contribution in [2.45, 2.75) is 110 Å². The Morgan fingerprint density at radius 1 is 1.17 bits per heavy atom. The number of aliphatic hydroxyl groups is 3. The fraction of sp³-hybridized carbons (Fsp3) is 0.769. The van der Waals surface area contributed by atoms with Crippen LogP contribution in [-0.4, -0.2) is 33.1 Å². The van der Waals surface area contributed by atoms with Crippen molar-refractivity contribution in [3.8, 4) is 0 Å². The van der Waals surface area contributed by atoms with Gasteiger partial charge in [0.15, 0.2) is 0 Å². The Bertz CT molecular complexity index is 683. The van der Waals surface area contributed by atoms with Crippen LogP contribution in [0.2, 0.25) is 0 Å². The summed E-state index contributed by atoms with van der Waals surface area (Å²) < 4.78 is 0. The summed E-state index contributed by atoms with van der Waals surface area (Å²) in [5, 5.41) is 30.2. The lowest BCUT2D eigenvalue weighted by Gasteiger charge is -2.50. The predicted octanol–water partition coefficient (Wildman–Crippen LogP) is 5.46. The zero-order valence-corrected chi connectivity index (χ0v) is 19.0. The summed E-state index contributed by atoms with van der Waals surface area (Å²) in [6.07, 6.45) is 13.7. The number of fused-ring (bicyclic) bond motifs is 1. The largest absolute Gasteiger partial charge is 0.393 e. The molecule has 3 saturated carbocycles. The zero-order valence-electron chi connectivity index (χ0n) is 19.0. The minimum Gasteiger partial charge on any atom is -0.393 e. The van der Waals surface area contributed by atoms with E-state index in [2.05, 4.69) is 32.6 Å². The number of allylic oxidation sites excluding steroid dienone is 3. The van der Waals surface area contributed by atoms with E-state index in [4.69, 9.17) is 0 Å². The van der Waals surface area contributed by atoms with Gasteiger partial charge in [0.25, 0.3) is 0 Å². The summed E-state index contributed by atoms with van der Waals surface area (Å²) in [7, 11) is 0. The van der Waals surface area contributed by atoms with Crippen molar-refractivity contribution in [2.75, 3.05) is 0 Å². The van der Waals surface area contributed by atoms with E-state index in [1.807, 2.05) is 13.8 Å². The Kier molecular flexibility index (Phi) is 6.54. The molecule has 3 fully saturated rings. The first-order chi connectivity index (χ1) is 13.5. The molecular weight excluding hydrogens is 360 g/mol. The normalized spacial score (nSPS) is 41.2. The lowest BCUT2D eigenvalue weighted by atomic mass is 9.54. The summed E-state index contributed by atoms with van der Waals surface area (Å²) in [5.41, 5.74) is 3.27. The maximum absolute atomic E-state index is 10.1. The summed E-state index contributed by atoms with van der Waals surface area (Å²) in [6.45, 7) is 12.8. The third kappa shape index (κ3) is 4.57. The molecule has 5 atom stereocenters. The van der Waals surface area contributed by atoms with Crippen LogP contribution in [0, 0.1) is 16.7 Å². The van der Waals surface area contributed by atoms with Gasteiger partial charge in [-0.15, -0.1) is 0 Å². The first kappa shape index (κ1) is 22.8. The van der Waals surface area contributed by atoms with Gasteiger partial charge in [-0.3, -0.25) is 0 Å². The van der Waals surface area contributed by atoms with Crippen molar-refractivity contribution in [3.05, 3.63) is 35.5 Å². The van der Waals surface area contributed by atoms with Crippen molar-refractivity contribution in [1.29, 1.82) is 0 Å². The third-order valence-electron chi connectivity index (χ3n) is 8.60. The van der Waals surface area contributed by atoms with E-state index < -0.39 is 17.8 Å². The second kappa shape index (κ2) is 8.32. The number of hydrogen-bond acceptors (Lipinski definition) is 3. The van der Waals surface area contributed by atoms with E-state index in [0.717, 1.165) is 36.3 Å². The Hall–Kier alpha value is -0.900. The van der Waals surface area contributed by atoms with Gasteiger partial charge in [0.2, 0.25) is 0 Å². The molecule has 0 aliphatic heterocycles. The molecule has 0 unspecified atom stereocenters. The monoisotopic (exact) mass is 402 g/mol. The molecule has 3 N–H and O–H groups in total. The van der Waals surface area contributed by atoms with Crippen molar-refractivity contribution in [1.82, 2.24) is 0 Å². The van der Waals surface area contributed by atoms with Crippen LogP contribution in [0.3, 0.4) is 0 Å². The van der Waals surface area contributed by atoms with Gasteiger partial charge in [-0.2, -0.15) is 0 Å². The molecular formula is C26H42O3. The van der Waals surface area contributed by atoms with Gasteiger partial charge >= 0.3 is 0 Å². The lowest BCUT2D eigenvalue weighted by molar-refractivity contribution is 0.0429. The molecule has 0 aromatic heterocycles. The Balaban J connectivity index is 1.78. The molecule has 3 rings (SSSR count). The quantitative estimate of drug-likeness (QED) is 0.572. The minimum absolute atomic E-state index is 0.217. The molecule has 3 aliphatic carbocycles. The van der Waals surface area contributed by atoms with Gasteiger partial charge in [-0.25, -0.2) is 0 Å². The molecule has 0 radical (unpaired) electrons. The highest BCUT2D eigenvalue weighted by atomic mass is 16.3. The van der Waals surface area contributed by atoms with Gasteiger partial charge in [0, 0.05) is 6.42 Å². The maximum Gasteiger partial charge on any atom is 0.0811 e. The molecule has 0 bridgehead atoms. The van der Waals surface area contributed by atoms with E-state index in [-0.39, 0.29) is 5.41 Å². The van der Waals surface area contributed by atoms with E-state index in [1.54, 1.807) is 0 Å². The van der Waals surface area contributed by atoms with Crippen LogP contribution < -0.4 is 0 Å². The second-order valence-corrected chi connectivity index (χ2v) is 11.1. The SMILES string of the molecule is C=C1/C(=C\C=C2/CCC[C@]3(C)[C@@H](CCCC(C)(C)O)CC[C@@]23C)C[C@@H](O)C[C@@H]1O. The Morgan fingerprint density at radius 3 is 2.59 bits per heavy atom. The summed E-state index contributed by atoms with van der Waals surface area (Å²) in [5.74, 6) is 0.722. The molecule has 0 saturated heterocycles. The first-order valence-corrected chi connectivity index (χ1v) is 11.6. The second-order valence-electron chi connectivity index (χ2n) is 11.1. The van der Waals surface area contributed by atoms with Crippen LogP contribution in [0.5, 0.6) is 0 Å². The van der Waals surface area contributed by atoms with Crippen LogP contribution in [0.1, 0.15) is 91.9 Å². The van der Waals surface area contributed by atoms with Crippen molar-refractivity contribution in [3.63, 3.8) is 0 Å². The molecule has 0 spiro atoms. The highest BCUT2D eigenvalue weighted by Crippen LogP contribution is 2.66. The van der Waals surface area contributed by atoms with Gasteiger partial charge in [-0.05, 0) is 93.1 Å². The summed E-state index contributed by atoms with van der Waals surface area (Å²) in [4.78, 5) is 0. The van der Waals surface area contributed by atoms with Crippen LogP contribution in [0.25, 0.3) is 0 Å². The Labute approximate surface area is 177 Å². The molecule has 29 heavy (non-hydrogen) atoms. The average Bonchev–Trinajstić information content (AvgIpc) is 2.88. The molecule has 164 valence electrons. The van der Waals surface area contributed by atoms with Crippen LogP contribution in [-0.2, 0) is 0 Å². The van der Waals surface area contributed by atoms with Crippen molar-refractivity contribution in [2.24, 2.45) is 16.7 Å². The summed E-state index contributed by atoms with van der Waals surface area (Å²) >= 11 is 0. The fourth-order valence-corrected chi connectivity index (χ4v) is 6.42. The maximum atomic E-state index is 10.1. The van der Waals surface area contributed by atoms with Gasteiger partial charge in [-0.1, -0.05) is 44.6 Å². The van der Waals surface area contributed by atoms with Crippen LogP contribution >= 0.6 is 0 Å². The highest BCUT2D eigenvalue weighted by molar-refractivity contribution is 5.39. The lowest BCUT2D eigenvalue weighted by Crippen LogP contribution is -2.41. The molecule has 3 heteroatoms. The molecule has 0 aromatic rings. The van der Waals surface area contributed by atoms with E-state index in [9.17, 15) is 15.3 Å². The fourth-order valence-electron chi connectivity index (χ4n) is 6.42. The van der Waals surface area contributed by atoms with E-state index in [0.29, 0.717) is 18.3 Å². The average molecular weight is 403 g/mol. The minimum atomic E-state index is -0.623. The predicted molar refractivity (Wildman–Crippen MR) is 119 cm³/mol. The molecule has 0 aromatic carbocycles. The standard InChI is InChI=1S/C26H42O3/c1-18-19(16-22(27)17-23(18)28)10-11-20-9-7-14-25(4)21(12-15-26(20,25)5)8-6-13-24(2,3)29/h10-11,21-23,27-29H,1,6-9,12-17H2,2-5H3/b19-10-,20-11+/t21-,22+,23-,25+,26-/m0/s1. The smallest absolute Gasteiger partial charge is 0.0811 e. The van der Waals surface area contributed by atoms with Gasteiger partial charge in [0.1, 0.15) is 0 Å². The third-order valence-corrected chi connectivity index (χ3v) is 8.60. The first-order valence-electron chi connectivity index (χ1n) is 11.6. The number of rotatable bonds is 5. The van der Waals surface area contributed by atoms with Gasteiger partial charge < -0.3 is 15.3 Å². The Morgan fingerprint density at radius 2 is 1.90 bits per heavy atom.